The predicted octanol–water partition coefficient (Wildman–Crippen LogP) is 7.10. The first-order chi connectivity index (χ1) is 13.9. The van der Waals surface area contributed by atoms with Gasteiger partial charge in [-0.1, -0.05) is 45.5 Å². The van der Waals surface area contributed by atoms with Crippen molar-refractivity contribution in [3.63, 3.8) is 0 Å². The van der Waals surface area contributed by atoms with Crippen LogP contribution in [0.3, 0.4) is 0 Å². The average molecular weight is 404 g/mol. The van der Waals surface area contributed by atoms with Crippen molar-refractivity contribution in [2.24, 2.45) is 4.99 Å². The summed E-state index contributed by atoms with van der Waals surface area (Å²) < 4.78 is 31.4. The van der Waals surface area contributed by atoms with Crippen molar-refractivity contribution < 1.29 is 10.2 Å². The molecule has 3 atom stereocenters. The van der Waals surface area contributed by atoms with E-state index in [-0.39, 0.29) is 19.1 Å². The molecule has 4 heteroatoms. The van der Waals surface area contributed by atoms with Gasteiger partial charge < -0.3 is 5.32 Å². The SMILES string of the molecule is C.C[C@@H]1CCC(c2ccc(F)cc2)=N1.C[C@@H]1CC[C@H](c2ccc(F)cc2)N1.[2H]CC. The Morgan fingerprint density at radius 2 is 1.48 bits per heavy atom. The topological polar surface area (TPSA) is 24.4 Å². The minimum atomic E-state index is -0.185. The summed E-state index contributed by atoms with van der Waals surface area (Å²) in [6.45, 7) is 6.58. The van der Waals surface area contributed by atoms with E-state index >= 15 is 0 Å². The van der Waals surface area contributed by atoms with E-state index in [9.17, 15) is 8.78 Å². The molecule has 29 heavy (non-hydrogen) atoms. The third-order valence-electron chi connectivity index (χ3n) is 5.00. The summed E-state index contributed by atoms with van der Waals surface area (Å²) in [5.74, 6) is -0.342. The summed E-state index contributed by atoms with van der Waals surface area (Å²) in [7, 11) is 0. The highest BCUT2D eigenvalue weighted by Gasteiger charge is 2.21. The molecule has 2 aromatic carbocycles. The lowest BCUT2D eigenvalue weighted by Crippen LogP contribution is -2.20. The highest BCUT2D eigenvalue weighted by atomic mass is 19.1. The Morgan fingerprint density at radius 3 is 1.93 bits per heavy atom. The van der Waals surface area contributed by atoms with Crippen molar-refractivity contribution in [1.29, 1.82) is 0 Å². The van der Waals surface area contributed by atoms with Gasteiger partial charge in [0.15, 0.2) is 0 Å². The molecule has 0 bridgehead atoms. The van der Waals surface area contributed by atoms with Crippen molar-refractivity contribution >= 4 is 5.71 Å². The normalized spacial score (nSPS) is 22.9. The Balaban J connectivity index is 0.000000258. The molecule has 2 heterocycles. The van der Waals surface area contributed by atoms with E-state index in [2.05, 4.69) is 24.2 Å². The Morgan fingerprint density at radius 1 is 0.931 bits per heavy atom. The second kappa shape index (κ2) is 12.5. The zero-order chi connectivity index (χ0) is 21.2. The fraction of sp³-hybridized carbons (Fsp3) is 0.480. The molecule has 4 rings (SSSR count). The first-order valence-corrected chi connectivity index (χ1v) is 10.1. The molecular weight excluding hydrogens is 366 g/mol. The smallest absolute Gasteiger partial charge is 0.123 e. The van der Waals surface area contributed by atoms with Crippen molar-refractivity contribution in [3.05, 3.63) is 71.3 Å². The minimum Gasteiger partial charge on any atom is -0.307 e. The Labute approximate surface area is 176 Å². The molecule has 0 spiro atoms. The van der Waals surface area contributed by atoms with Gasteiger partial charge in [0.1, 0.15) is 11.6 Å². The molecule has 2 aliphatic heterocycles. The van der Waals surface area contributed by atoms with Gasteiger partial charge in [-0.15, -0.1) is 0 Å². The average Bonchev–Trinajstić information content (AvgIpc) is 3.33. The Kier molecular flexibility index (Phi) is 9.99. The summed E-state index contributed by atoms with van der Waals surface area (Å²) in [6.07, 6.45) is 4.51. The highest BCUT2D eigenvalue weighted by Crippen LogP contribution is 2.26. The highest BCUT2D eigenvalue weighted by molar-refractivity contribution is 6.01. The van der Waals surface area contributed by atoms with E-state index in [1.165, 1.54) is 36.2 Å². The maximum atomic E-state index is 12.6. The van der Waals surface area contributed by atoms with Crippen LogP contribution in [0.2, 0.25) is 0 Å². The monoisotopic (exact) mass is 403 g/mol. The van der Waals surface area contributed by atoms with Crippen LogP contribution in [0.5, 0.6) is 0 Å². The Bertz CT molecular complexity index is 760. The minimum absolute atomic E-state index is 0. The van der Waals surface area contributed by atoms with E-state index in [0.717, 1.165) is 30.5 Å². The summed E-state index contributed by atoms with van der Waals surface area (Å²) in [4.78, 5) is 4.48. The largest absolute Gasteiger partial charge is 0.307 e. The van der Waals surface area contributed by atoms with E-state index in [4.69, 9.17) is 1.37 Å². The number of nitrogens with zero attached hydrogens (tertiary/aromatic N) is 1. The zero-order valence-electron chi connectivity index (χ0n) is 18.1. The van der Waals surface area contributed by atoms with Crippen LogP contribution in [0, 0.1) is 11.6 Å². The van der Waals surface area contributed by atoms with Gasteiger partial charge in [0, 0.05) is 25.2 Å². The molecule has 0 unspecified atom stereocenters. The molecule has 0 aromatic heterocycles. The molecule has 0 radical (unpaired) electrons. The number of benzene rings is 2. The molecule has 2 nitrogen and oxygen atoms in total. The molecule has 1 fully saturated rings. The molecular formula is C25H36F2N2. The fourth-order valence-corrected chi connectivity index (χ4v) is 3.49. The lowest BCUT2D eigenvalue weighted by atomic mass is 10.1. The molecule has 160 valence electrons. The lowest BCUT2D eigenvalue weighted by molar-refractivity contribution is 0.581. The number of hydrogen-bond acceptors (Lipinski definition) is 2. The summed E-state index contributed by atoms with van der Waals surface area (Å²) >= 11 is 0. The lowest BCUT2D eigenvalue weighted by Gasteiger charge is -2.11. The molecule has 0 amide bonds. The van der Waals surface area contributed by atoms with Crippen LogP contribution in [0.4, 0.5) is 8.78 Å². The van der Waals surface area contributed by atoms with Crippen LogP contribution in [-0.2, 0) is 0 Å². The summed E-state index contributed by atoms with van der Waals surface area (Å²) in [5, 5.41) is 3.47. The van der Waals surface area contributed by atoms with Gasteiger partial charge in [0.25, 0.3) is 0 Å². The van der Waals surface area contributed by atoms with Gasteiger partial charge in [0.2, 0.25) is 0 Å². The number of rotatable bonds is 2. The van der Waals surface area contributed by atoms with Crippen LogP contribution < -0.4 is 5.32 Å². The van der Waals surface area contributed by atoms with Crippen LogP contribution >= 0.6 is 0 Å². The molecule has 0 aliphatic carbocycles. The Hall–Kier alpha value is -2.07. The number of hydrogen-bond donors (Lipinski definition) is 1. The first-order valence-electron chi connectivity index (χ1n) is 10.8. The maximum absolute atomic E-state index is 12.6. The van der Waals surface area contributed by atoms with Crippen molar-refractivity contribution in [1.82, 2.24) is 5.32 Å². The summed E-state index contributed by atoms with van der Waals surface area (Å²) in [5.41, 5.74) is 3.38. The van der Waals surface area contributed by atoms with Crippen LogP contribution in [0.1, 0.15) is 79.3 Å². The van der Waals surface area contributed by atoms with Crippen LogP contribution in [-0.4, -0.2) is 17.8 Å². The summed E-state index contributed by atoms with van der Waals surface area (Å²) in [6, 6.07) is 14.8. The first kappa shape index (κ1) is 23.2. The van der Waals surface area contributed by atoms with E-state index < -0.39 is 0 Å². The van der Waals surface area contributed by atoms with Crippen molar-refractivity contribution in [2.45, 2.75) is 78.9 Å². The van der Waals surface area contributed by atoms with Gasteiger partial charge in [-0.05, 0) is 74.9 Å². The quantitative estimate of drug-likeness (QED) is 0.568. The van der Waals surface area contributed by atoms with E-state index in [1.807, 2.05) is 12.1 Å². The number of nitrogens with one attached hydrogen (secondary N) is 1. The standard InChI is InChI=1S/C11H14FN.C11H12FN.C2H6.CH4/c2*1-8-2-7-11(13-8)9-3-5-10(12)6-4-9;1-2;/h3-6,8,11,13H,2,7H2,1H3;3-6,8H,2,7H2,1H3;1-2H3;1H4/t8-,11-;8-;;/m11../s1/i;;1D;. The second-order valence-electron chi connectivity index (χ2n) is 7.22. The fourth-order valence-electron chi connectivity index (χ4n) is 3.49. The van der Waals surface area contributed by atoms with E-state index in [1.54, 1.807) is 19.1 Å². The van der Waals surface area contributed by atoms with Crippen LogP contribution in [0.25, 0.3) is 0 Å². The van der Waals surface area contributed by atoms with E-state index in [0.29, 0.717) is 25.0 Å². The molecule has 1 N–H and O–H groups in total. The number of halogens is 2. The predicted molar refractivity (Wildman–Crippen MR) is 121 cm³/mol. The zero-order valence-corrected chi connectivity index (χ0v) is 17.1. The number of aliphatic imine (C=N–C) groups is 1. The van der Waals surface area contributed by atoms with Crippen molar-refractivity contribution in [3.8, 4) is 0 Å². The van der Waals surface area contributed by atoms with Gasteiger partial charge in [-0.3, -0.25) is 4.99 Å². The third-order valence-corrected chi connectivity index (χ3v) is 5.00. The van der Waals surface area contributed by atoms with Crippen LogP contribution in [0.15, 0.2) is 53.5 Å². The third kappa shape index (κ3) is 7.69. The van der Waals surface area contributed by atoms with Gasteiger partial charge in [-0.2, -0.15) is 0 Å². The second-order valence-corrected chi connectivity index (χ2v) is 7.22. The van der Waals surface area contributed by atoms with Gasteiger partial charge in [-0.25, -0.2) is 8.78 Å². The molecule has 0 saturated carbocycles. The molecule has 2 aromatic rings. The maximum Gasteiger partial charge on any atom is 0.123 e. The van der Waals surface area contributed by atoms with Crippen molar-refractivity contribution in [2.75, 3.05) is 0 Å². The molecule has 1 saturated heterocycles. The van der Waals surface area contributed by atoms with Gasteiger partial charge >= 0.3 is 0 Å². The molecule has 2 aliphatic rings. The van der Waals surface area contributed by atoms with Gasteiger partial charge in [0.05, 0.1) is 0 Å².